The highest BCUT2D eigenvalue weighted by molar-refractivity contribution is 6.31. The summed E-state index contributed by atoms with van der Waals surface area (Å²) in [6.07, 6.45) is 3.87. The Balaban J connectivity index is 1.29. The lowest BCUT2D eigenvalue weighted by Gasteiger charge is -2.12. The van der Waals surface area contributed by atoms with Gasteiger partial charge in [0.05, 0.1) is 31.1 Å². The molecule has 182 valence electrons. The highest BCUT2D eigenvalue weighted by Crippen LogP contribution is 2.24. The molecule has 1 aromatic heterocycles. The van der Waals surface area contributed by atoms with Crippen LogP contribution in [0, 0.1) is 5.82 Å². The Morgan fingerprint density at radius 3 is 2.60 bits per heavy atom. The van der Waals surface area contributed by atoms with Crippen molar-refractivity contribution in [2.75, 3.05) is 13.7 Å². The molecule has 0 saturated carbocycles. The molecule has 0 aliphatic rings. The number of para-hydroxylation sites is 2. The number of fused-ring (bicyclic) bond motifs is 1. The fraction of sp³-hybridized carbons (Fsp3) is 0.286. The highest BCUT2D eigenvalue weighted by atomic mass is 35.5. The molecule has 0 unspecified atom stereocenters. The van der Waals surface area contributed by atoms with Crippen molar-refractivity contribution in [1.29, 1.82) is 0 Å². The molecule has 1 N–H and O–H groups in total. The van der Waals surface area contributed by atoms with Crippen LogP contribution in [0.2, 0.25) is 5.02 Å². The summed E-state index contributed by atoms with van der Waals surface area (Å²) in [7, 11) is 1.62. The van der Waals surface area contributed by atoms with Crippen LogP contribution in [-0.2, 0) is 24.2 Å². The maximum absolute atomic E-state index is 14.4. The first-order chi connectivity index (χ1) is 17.0. The van der Waals surface area contributed by atoms with E-state index in [0.29, 0.717) is 30.1 Å². The number of imidazole rings is 1. The summed E-state index contributed by atoms with van der Waals surface area (Å²) < 4.78 is 21.6. The molecule has 1 amide bonds. The van der Waals surface area contributed by atoms with E-state index in [2.05, 4.69) is 9.88 Å². The number of carbonyl (C=O) groups is 1. The van der Waals surface area contributed by atoms with Crippen molar-refractivity contribution in [2.24, 2.45) is 0 Å². The molecule has 1 heterocycles. The van der Waals surface area contributed by atoms with E-state index < -0.39 is 0 Å². The second kappa shape index (κ2) is 11.8. The summed E-state index contributed by atoms with van der Waals surface area (Å²) in [5.41, 5.74) is 3.28. The Bertz CT molecular complexity index is 1270. The second-order valence-corrected chi connectivity index (χ2v) is 8.90. The third kappa shape index (κ3) is 6.40. The molecule has 0 atom stereocenters. The van der Waals surface area contributed by atoms with Gasteiger partial charge in [0.2, 0.25) is 5.91 Å². The van der Waals surface area contributed by atoms with Crippen LogP contribution in [0.1, 0.15) is 36.2 Å². The van der Waals surface area contributed by atoms with E-state index in [-0.39, 0.29) is 11.7 Å². The first kappa shape index (κ1) is 24.7. The Hall–Kier alpha value is -3.38. The Kier molecular flexibility index (Phi) is 8.37. The van der Waals surface area contributed by atoms with Gasteiger partial charge in [0.15, 0.2) is 0 Å². The Morgan fingerprint density at radius 1 is 1.03 bits per heavy atom. The smallest absolute Gasteiger partial charge is 0.224 e. The van der Waals surface area contributed by atoms with Crippen LogP contribution >= 0.6 is 11.6 Å². The van der Waals surface area contributed by atoms with Crippen LogP contribution in [0.15, 0.2) is 66.7 Å². The average Bonchev–Trinajstić information content (AvgIpc) is 3.21. The second-order valence-electron chi connectivity index (χ2n) is 8.49. The van der Waals surface area contributed by atoms with E-state index in [9.17, 15) is 9.18 Å². The summed E-state index contributed by atoms with van der Waals surface area (Å²) in [5, 5.41) is 3.40. The quantitative estimate of drug-likeness (QED) is 0.262. The van der Waals surface area contributed by atoms with Gasteiger partial charge in [-0.2, -0.15) is 0 Å². The lowest BCUT2D eigenvalue weighted by atomic mass is 10.1. The van der Waals surface area contributed by atoms with E-state index in [1.165, 1.54) is 6.07 Å². The summed E-state index contributed by atoms with van der Waals surface area (Å²) in [4.78, 5) is 17.0. The van der Waals surface area contributed by atoms with Crippen molar-refractivity contribution in [2.45, 2.75) is 38.6 Å². The molecular weight excluding hydrogens is 465 g/mol. The van der Waals surface area contributed by atoms with Gasteiger partial charge in [-0.15, -0.1) is 0 Å². The predicted octanol–water partition coefficient (Wildman–Crippen LogP) is 5.96. The van der Waals surface area contributed by atoms with Gasteiger partial charge in [0, 0.05) is 23.6 Å². The number of aromatic nitrogens is 2. The monoisotopic (exact) mass is 493 g/mol. The third-order valence-electron chi connectivity index (χ3n) is 6.03. The normalized spacial score (nSPS) is 11.1. The molecule has 5 nitrogen and oxygen atoms in total. The molecular formula is C28H29ClFN3O2. The molecule has 3 aromatic carbocycles. The number of nitrogens with one attached hydrogen (secondary N) is 1. The van der Waals surface area contributed by atoms with Gasteiger partial charge in [-0.1, -0.05) is 48.4 Å². The molecule has 35 heavy (non-hydrogen) atoms. The van der Waals surface area contributed by atoms with E-state index in [4.69, 9.17) is 21.3 Å². The summed E-state index contributed by atoms with van der Waals surface area (Å²) >= 11 is 6.29. The number of ether oxygens (including phenoxy) is 1. The van der Waals surface area contributed by atoms with E-state index in [1.807, 2.05) is 48.5 Å². The van der Waals surface area contributed by atoms with E-state index >= 15 is 0 Å². The predicted molar refractivity (Wildman–Crippen MR) is 138 cm³/mol. The molecule has 0 fully saturated rings. The molecule has 0 saturated heterocycles. The topological polar surface area (TPSA) is 56.1 Å². The zero-order chi connectivity index (χ0) is 24.6. The van der Waals surface area contributed by atoms with Crippen molar-refractivity contribution in [3.05, 3.63) is 94.5 Å². The molecule has 4 aromatic rings. The number of unbranched alkanes of at least 4 members (excludes halogenated alkanes) is 2. The van der Waals surface area contributed by atoms with Crippen molar-refractivity contribution >= 4 is 28.5 Å². The van der Waals surface area contributed by atoms with Crippen molar-refractivity contribution in [1.82, 2.24) is 14.9 Å². The number of hydrogen-bond donors (Lipinski definition) is 1. The Morgan fingerprint density at radius 2 is 1.83 bits per heavy atom. The first-order valence-corrected chi connectivity index (χ1v) is 12.2. The fourth-order valence-electron chi connectivity index (χ4n) is 4.14. The van der Waals surface area contributed by atoms with E-state index in [1.54, 1.807) is 19.2 Å². The largest absolute Gasteiger partial charge is 0.497 e. The number of aryl methyl sites for hydroxylation is 1. The minimum Gasteiger partial charge on any atom is -0.497 e. The molecule has 0 bridgehead atoms. The van der Waals surface area contributed by atoms with Gasteiger partial charge in [-0.05, 0) is 54.8 Å². The summed E-state index contributed by atoms with van der Waals surface area (Å²) in [5.74, 6) is 1.39. The van der Waals surface area contributed by atoms with E-state index in [0.717, 1.165) is 53.9 Å². The number of benzene rings is 3. The lowest BCUT2D eigenvalue weighted by Crippen LogP contribution is -2.26. The van der Waals surface area contributed by atoms with Gasteiger partial charge < -0.3 is 14.6 Å². The van der Waals surface area contributed by atoms with Gasteiger partial charge in [0.1, 0.15) is 17.4 Å². The zero-order valence-corrected chi connectivity index (χ0v) is 20.5. The number of halogens is 2. The number of methoxy groups -OCH3 is 1. The molecule has 0 aliphatic heterocycles. The molecule has 0 aliphatic carbocycles. The van der Waals surface area contributed by atoms with Gasteiger partial charge in [-0.3, -0.25) is 4.79 Å². The standard InChI is InChI=1S/C28H29ClFN3O2/c1-35-21-15-13-20(14-16-21)18-28(34)31-17-6-2-3-12-27-32-25-10-4-5-11-26(25)33(27)19-22-23(29)8-7-9-24(22)30/h4-5,7-11,13-16H,2-3,6,12,17-19H2,1H3,(H,31,34). The number of nitrogens with zero attached hydrogens (tertiary/aromatic N) is 2. The lowest BCUT2D eigenvalue weighted by molar-refractivity contribution is -0.120. The summed E-state index contributed by atoms with van der Waals surface area (Å²) in [6.45, 7) is 0.971. The number of rotatable bonds is 11. The molecule has 0 spiro atoms. The average molecular weight is 494 g/mol. The zero-order valence-electron chi connectivity index (χ0n) is 19.8. The van der Waals surface area contributed by atoms with Crippen LogP contribution < -0.4 is 10.1 Å². The first-order valence-electron chi connectivity index (χ1n) is 11.8. The number of carbonyl (C=O) groups excluding carboxylic acids is 1. The Labute approximate surface area is 209 Å². The highest BCUT2D eigenvalue weighted by Gasteiger charge is 2.14. The fourth-order valence-corrected chi connectivity index (χ4v) is 4.36. The number of amides is 1. The SMILES string of the molecule is COc1ccc(CC(=O)NCCCCCc2nc3ccccc3n2Cc2c(F)cccc2Cl)cc1. The van der Waals surface area contributed by atoms with Crippen molar-refractivity contribution in [3.63, 3.8) is 0 Å². The minimum atomic E-state index is -0.313. The number of hydrogen-bond acceptors (Lipinski definition) is 3. The molecule has 0 radical (unpaired) electrons. The third-order valence-corrected chi connectivity index (χ3v) is 6.39. The van der Waals surface area contributed by atoms with Gasteiger partial charge in [0.25, 0.3) is 0 Å². The maximum atomic E-state index is 14.4. The summed E-state index contributed by atoms with van der Waals surface area (Å²) in [6, 6.07) is 20.2. The van der Waals surface area contributed by atoms with Gasteiger partial charge >= 0.3 is 0 Å². The van der Waals surface area contributed by atoms with Crippen LogP contribution in [0.25, 0.3) is 11.0 Å². The van der Waals surface area contributed by atoms with Gasteiger partial charge in [-0.25, -0.2) is 9.37 Å². The minimum absolute atomic E-state index is 0.0127. The van der Waals surface area contributed by atoms with Crippen LogP contribution in [0.5, 0.6) is 5.75 Å². The van der Waals surface area contributed by atoms with Crippen molar-refractivity contribution in [3.8, 4) is 5.75 Å². The van der Waals surface area contributed by atoms with Crippen LogP contribution in [0.4, 0.5) is 4.39 Å². The maximum Gasteiger partial charge on any atom is 0.224 e. The van der Waals surface area contributed by atoms with Crippen molar-refractivity contribution < 1.29 is 13.9 Å². The molecule has 4 rings (SSSR count). The van der Waals surface area contributed by atoms with Crippen LogP contribution in [0.3, 0.4) is 0 Å². The van der Waals surface area contributed by atoms with Crippen LogP contribution in [-0.4, -0.2) is 29.1 Å². The molecule has 7 heteroatoms.